The molecule has 2 aliphatic rings. The van der Waals surface area contributed by atoms with Crippen molar-refractivity contribution in [1.29, 1.82) is 5.26 Å². The molecule has 6 heteroatoms. The third kappa shape index (κ3) is 3.64. The number of para-hydroxylation sites is 1. The number of hydrogen-bond acceptors (Lipinski definition) is 5. The summed E-state index contributed by atoms with van der Waals surface area (Å²) in [4.78, 5) is 17.9. The predicted molar refractivity (Wildman–Crippen MR) is 138 cm³/mol. The van der Waals surface area contributed by atoms with Gasteiger partial charge in [0.25, 0.3) is 0 Å². The maximum Gasteiger partial charge on any atom is 0.162 e. The van der Waals surface area contributed by atoms with Crippen LogP contribution >= 0.6 is 22.9 Å². The van der Waals surface area contributed by atoms with E-state index in [2.05, 4.69) is 24.3 Å². The van der Waals surface area contributed by atoms with Crippen LogP contribution in [-0.2, 0) is 4.79 Å². The molecule has 0 saturated carbocycles. The lowest BCUT2D eigenvalue weighted by Crippen LogP contribution is -2.40. The minimum atomic E-state index is -0.465. The Bertz CT molecular complexity index is 1400. The quantitative estimate of drug-likeness (QED) is 0.447. The zero-order chi connectivity index (χ0) is 24.0. The van der Waals surface area contributed by atoms with Gasteiger partial charge in [0.05, 0.1) is 28.3 Å². The Morgan fingerprint density at radius 1 is 1.09 bits per heavy atom. The molecule has 4 nitrogen and oxygen atoms in total. The average molecular weight is 486 g/mol. The third-order valence-electron chi connectivity index (χ3n) is 6.72. The van der Waals surface area contributed by atoms with Crippen molar-refractivity contribution in [3.63, 3.8) is 0 Å². The van der Waals surface area contributed by atoms with E-state index in [4.69, 9.17) is 17.3 Å². The molecule has 34 heavy (non-hydrogen) atoms. The van der Waals surface area contributed by atoms with Crippen molar-refractivity contribution in [3.05, 3.63) is 109 Å². The van der Waals surface area contributed by atoms with E-state index in [-0.39, 0.29) is 11.7 Å². The second-order valence-electron chi connectivity index (χ2n) is 8.80. The average Bonchev–Trinajstić information content (AvgIpc) is 3.17. The maximum absolute atomic E-state index is 13.9. The normalized spacial score (nSPS) is 20.4. The van der Waals surface area contributed by atoms with Gasteiger partial charge in [0.2, 0.25) is 0 Å². The topological polar surface area (TPSA) is 70.1 Å². The first-order chi connectivity index (χ1) is 16.4. The molecule has 0 saturated heterocycles. The molecule has 2 atom stereocenters. The Labute approximate surface area is 208 Å². The fraction of sp³-hybridized carbons (Fsp3) is 0.214. The van der Waals surface area contributed by atoms with Gasteiger partial charge in [0.1, 0.15) is 5.82 Å². The molecule has 2 aromatic carbocycles. The Kier molecular flexibility index (Phi) is 5.81. The summed E-state index contributed by atoms with van der Waals surface area (Å²) < 4.78 is 0. The number of rotatable bonds is 3. The highest BCUT2D eigenvalue weighted by atomic mass is 35.5. The zero-order valence-electron chi connectivity index (χ0n) is 19.0. The van der Waals surface area contributed by atoms with Gasteiger partial charge < -0.3 is 5.73 Å². The van der Waals surface area contributed by atoms with Crippen molar-refractivity contribution in [2.75, 3.05) is 4.90 Å². The summed E-state index contributed by atoms with van der Waals surface area (Å²) in [7, 11) is 0. The molecule has 3 aromatic rings. The SMILES string of the molecule is Cc1cc(C2C(C#N)=C(N)N(c3ccccc3Cl)C3=C2C(=O)CC(c2ccccc2)C3)c(C)s1. The number of carbonyl (C=O) groups is 1. The smallest absolute Gasteiger partial charge is 0.162 e. The lowest BCUT2D eigenvalue weighted by molar-refractivity contribution is -0.116. The van der Waals surface area contributed by atoms with Crippen LogP contribution in [0.5, 0.6) is 0 Å². The van der Waals surface area contributed by atoms with E-state index in [1.54, 1.807) is 17.4 Å². The summed E-state index contributed by atoms with van der Waals surface area (Å²) in [6.07, 6.45) is 1.03. The largest absolute Gasteiger partial charge is 0.384 e. The van der Waals surface area contributed by atoms with E-state index in [9.17, 15) is 10.1 Å². The van der Waals surface area contributed by atoms with Gasteiger partial charge in [0.15, 0.2) is 5.78 Å². The summed E-state index contributed by atoms with van der Waals surface area (Å²) in [5.74, 6) is -0.0440. The molecule has 170 valence electrons. The first kappa shape index (κ1) is 22.5. The molecule has 0 bridgehead atoms. The standard InChI is InChI=1S/C28H24ClN3OS/c1-16-12-20(17(2)34-16)26-21(15-30)28(31)32(23-11-7-6-10-22(23)29)24-13-19(14-25(33)27(24)26)18-8-4-3-5-9-18/h3-12,19,26H,13-14,31H2,1-2H3. The number of nitrogens with zero attached hydrogens (tertiary/aromatic N) is 2. The number of aryl methyl sites for hydroxylation is 2. The van der Waals surface area contributed by atoms with Crippen LogP contribution in [0.25, 0.3) is 0 Å². The van der Waals surface area contributed by atoms with Crippen LogP contribution < -0.4 is 10.6 Å². The van der Waals surface area contributed by atoms with E-state index in [1.165, 1.54) is 0 Å². The van der Waals surface area contributed by atoms with Crippen molar-refractivity contribution in [2.24, 2.45) is 5.73 Å². The van der Waals surface area contributed by atoms with Gasteiger partial charge in [-0.25, -0.2) is 0 Å². The second-order valence-corrected chi connectivity index (χ2v) is 10.7. The Morgan fingerprint density at radius 2 is 1.79 bits per heavy atom. The summed E-state index contributed by atoms with van der Waals surface area (Å²) in [6.45, 7) is 4.08. The highest BCUT2D eigenvalue weighted by Crippen LogP contribution is 2.51. The van der Waals surface area contributed by atoms with E-state index < -0.39 is 5.92 Å². The number of hydrogen-bond donors (Lipinski definition) is 1. The number of thiophene rings is 1. The Hall–Kier alpha value is -3.33. The van der Waals surface area contributed by atoms with E-state index >= 15 is 0 Å². The Morgan fingerprint density at radius 3 is 2.44 bits per heavy atom. The van der Waals surface area contributed by atoms with Gasteiger partial charge >= 0.3 is 0 Å². The number of carbonyl (C=O) groups excluding carboxylic acids is 1. The monoisotopic (exact) mass is 485 g/mol. The Balaban J connectivity index is 1.76. The predicted octanol–water partition coefficient (Wildman–Crippen LogP) is 6.72. The van der Waals surface area contributed by atoms with Crippen LogP contribution in [0.2, 0.25) is 5.02 Å². The van der Waals surface area contributed by atoms with Gasteiger partial charge in [-0.3, -0.25) is 9.69 Å². The highest BCUT2D eigenvalue weighted by Gasteiger charge is 2.43. The number of nitrogens with two attached hydrogens (primary N) is 1. The van der Waals surface area contributed by atoms with Crippen molar-refractivity contribution in [2.45, 2.75) is 38.5 Å². The van der Waals surface area contributed by atoms with Crippen LogP contribution in [-0.4, -0.2) is 5.78 Å². The van der Waals surface area contributed by atoms with Gasteiger partial charge in [-0.1, -0.05) is 54.1 Å². The van der Waals surface area contributed by atoms with Crippen molar-refractivity contribution >= 4 is 34.4 Å². The minimum Gasteiger partial charge on any atom is -0.384 e. The van der Waals surface area contributed by atoms with Crippen molar-refractivity contribution in [1.82, 2.24) is 0 Å². The summed E-state index contributed by atoms with van der Waals surface area (Å²) >= 11 is 8.28. The molecule has 2 N–H and O–H groups in total. The number of anilines is 1. The van der Waals surface area contributed by atoms with E-state index in [1.807, 2.05) is 55.1 Å². The molecule has 1 aliphatic carbocycles. The maximum atomic E-state index is 13.9. The molecule has 2 unspecified atom stereocenters. The lowest BCUT2D eigenvalue weighted by Gasteiger charge is -2.41. The van der Waals surface area contributed by atoms with Crippen molar-refractivity contribution < 1.29 is 4.79 Å². The zero-order valence-corrected chi connectivity index (χ0v) is 20.6. The third-order valence-corrected chi connectivity index (χ3v) is 8.02. The molecule has 2 heterocycles. The second kappa shape index (κ2) is 8.79. The van der Waals surface area contributed by atoms with Crippen LogP contribution in [0.3, 0.4) is 0 Å². The number of Topliss-reactive ketones (excluding diaryl/α,β-unsaturated/α-hetero) is 1. The van der Waals surface area contributed by atoms with Gasteiger partial charge in [-0.2, -0.15) is 5.26 Å². The van der Waals surface area contributed by atoms with Gasteiger partial charge in [-0.05, 0) is 55.5 Å². The molecular formula is C28H24ClN3OS. The van der Waals surface area contributed by atoms with Crippen LogP contribution in [0, 0.1) is 25.2 Å². The van der Waals surface area contributed by atoms with Gasteiger partial charge in [0, 0.05) is 27.4 Å². The number of allylic oxidation sites excluding steroid dienone is 3. The van der Waals surface area contributed by atoms with Gasteiger partial charge in [-0.15, -0.1) is 11.3 Å². The first-order valence-corrected chi connectivity index (χ1v) is 12.4. The minimum absolute atomic E-state index is 0.0276. The highest BCUT2D eigenvalue weighted by molar-refractivity contribution is 7.12. The lowest BCUT2D eigenvalue weighted by atomic mass is 9.72. The molecule has 0 spiro atoms. The fourth-order valence-corrected chi connectivity index (χ4v) is 6.43. The number of halogens is 1. The van der Waals surface area contributed by atoms with E-state index in [0.29, 0.717) is 40.5 Å². The molecule has 0 radical (unpaired) electrons. The van der Waals surface area contributed by atoms with Crippen LogP contribution in [0.1, 0.15) is 45.6 Å². The number of nitriles is 1. The van der Waals surface area contributed by atoms with Crippen LogP contribution in [0.4, 0.5) is 5.69 Å². The van der Waals surface area contributed by atoms with Crippen LogP contribution in [0.15, 0.2) is 83.3 Å². The molecule has 1 aromatic heterocycles. The number of benzene rings is 2. The number of ketones is 1. The summed E-state index contributed by atoms with van der Waals surface area (Å²) in [6, 6.07) is 22.0. The van der Waals surface area contributed by atoms with Crippen molar-refractivity contribution in [3.8, 4) is 6.07 Å². The molecular weight excluding hydrogens is 462 g/mol. The summed E-state index contributed by atoms with van der Waals surface area (Å²) in [5.41, 5.74) is 11.4. The molecule has 0 fully saturated rings. The summed E-state index contributed by atoms with van der Waals surface area (Å²) in [5, 5.41) is 10.8. The molecule has 5 rings (SSSR count). The van der Waals surface area contributed by atoms with E-state index in [0.717, 1.165) is 26.6 Å². The molecule has 1 aliphatic heterocycles. The molecule has 0 amide bonds. The fourth-order valence-electron chi connectivity index (χ4n) is 5.25. The first-order valence-electron chi connectivity index (χ1n) is 11.2.